The number of hydrogen-bond acceptors (Lipinski definition) is 3. The van der Waals surface area contributed by atoms with Crippen molar-refractivity contribution in [1.82, 2.24) is 0 Å². The Balaban J connectivity index is 2.32. The summed E-state index contributed by atoms with van der Waals surface area (Å²) in [6.45, 7) is 4.58. The fourth-order valence-corrected chi connectivity index (χ4v) is 2.78. The molecule has 0 aliphatic rings. The van der Waals surface area contributed by atoms with Crippen LogP contribution in [0.2, 0.25) is 0 Å². The summed E-state index contributed by atoms with van der Waals surface area (Å²) in [5.41, 5.74) is 4.67. The minimum atomic E-state index is -0.120. The van der Waals surface area contributed by atoms with Crippen LogP contribution in [0.4, 0.5) is 5.69 Å². The van der Waals surface area contributed by atoms with E-state index in [1.54, 1.807) is 26.4 Å². The molecule has 2 aromatic rings. The number of carbonyl (C=O) groups is 1. The number of anilines is 1. The summed E-state index contributed by atoms with van der Waals surface area (Å²) < 4.78 is 10.5. The van der Waals surface area contributed by atoms with E-state index in [1.165, 1.54) is 0 Å². The third-order valence-electron chi connectivity index (χ3n) is 4.08. The molecule has 0 saturated carbocycles. The Morgan fingerprint density at radius 1 is 1.00 bits per heavy atom. The Bertz CT molecular complexity index is 688. The quantitative estimate of drug-likeness (QED) is 0.828. The number of amides is 1. The van der Waals surface area contributed by atoms with Crippen LogP contribution in [0, 0.1) is 0 Å². The third kappa shape index (κ3) is 3.95. The van der Waals surface area contributed by atoms with E-state index in [0.29, 0.717) is 12.2 Å². The number of carbonyl (C=O) groups excluding carboxylic acids is 1. The third-order valence-corrected chi connectivity index (χ3v) is 4.08. The molecule has 2 aromatic carbocycles. The molecule has 1 N–H and O–H groups in total. The molecule has 0 bridgehead atoms. The number of hydrogen-bond donors (Lipinski definition) is 1. The second-order valence-corrected chi connectivity index (χ2v) is 5.57. The van der Waals surface area contributed by atoms with Crippen LogP contribution in [0.5, 0.6) is 5.75 Å². The van der Waals surface area contributed by atoms with E-state index in [1.807, 2.05) is 12.1 Å². The molecule has 0 heterocycles. The van der Waals surface area contributed by atoms with Crippen molar-refractivity contribution in [3.05, 3.63) is 58.7 Å². The van der Waals surface area contributed by atoms with Crippen molar-refractivity contribution in [3.8, 4) is 5.75 Å². The first-order valence-electron chi connectivity index (χ1n) is 8.22. The Kier molecular flexibility index (Phi) is 6.38. The molecular weight excluding hydrogens is 302 g/mol. The van der Waals surface area contributed by atoms with Gasteiger partial charge in [0.1, 0.15) is 5.75 Å². The van der Waals surface area contributed by atoms with Gasteiger partial charge in [-0.25, -0.2) is 0 Å². The van der Waals surface area contributed by atoms with Gasteiger partial charge in [0.25, 0.3) is 5.91 Å². The van der Waals surface area contributed by atoms with E-state index < -0.39 is 0 Å². The highest BCUT2D eigenvalue weighted by Crippen LogP contribution is 2.25. The Labute approximate surface area is 143 Å². The second-order valence-electron chi connectivity index (χ2n) is 5.57. The first kappa shape index (κ1) is 18.0. The molecule has 0 saturated heterocycles. The van der Waals surface area contributed by atoms with Gasteiger partial charge in [0.15, 0.2) is 0 Å². The van der Waals surface area contributed by atoms with Crippen LogP contribution < -0.4 is 10.1 Å². The monoisotopic (exact) mass is 327 g/mol. The molecule has 0 atom stereocenters. The minimum Gasteiger partial charge on any atom is -0.496 e. The molecule has 4 nitrogen and oxygen atoms in total. The van der Waals surface area contributed by atoms with E-state index in [-0.39, 0.29) is 5.91 Å². The first-order valence-corrected chi connectivity index (χ1v) is 8.22. The smallest absolute Gasteiger partial charge is 0.255 e. The predicted octanol–water partition coefficient (Wildman–Crippen LogP) is 4.22. The molecule has 4 heteroatoms. The van der Waals surface area contributed by atoms with Crippen LogP contribution in [0.15, 0.2) is 36.4 Å². The number of nitrogens with one attached hydrogen (secondary N) is 1. The molecule has 1 amide bonds. The van der Waals surface area contributed by atoms with Gasteiger partial charge in [0.05, 0.1) is 13.7 Å². The average molecular weight is 327 g/mol. The van der Waals surface area contributed by atoms with E-state index in [9.17, 15) is 4.79 Å². The molecule has 0 aromatic heterocycles. The zero-order valence-electron chi connectivity index (χ0n) is 14.8. The van der Waals surface area contributed by atoms with Crippen molar-refractivity contribution < 1.29 is 14.3 Å². The molecule has 0 fully saturated rings. The van der Waals surface area contributed by atoms with Gasteiger partial charge in [-0.15, -0.1) is 0 Å². The van der Waals surface area contributed by atoms with Gasteiger partial charge in [-0.05, 0) is 42.2 Å². The maximum Gasteiger partial charge on any atom is 0.255 e. The average Bonchev–Trinajstić information content (AvgIpc) is 2.62. The fraction of sp³-hybridized carbons (Fsp3) is 0.350. The van der Waals surface area contributed by atoms with Gasteiger partial charge in [-0.1, -0.05) is 32.0 Å². The molecule has 0 unspecified atom stereocenters. The molecule has 0 aliphatic carbocycles. The number of para-hydroxylation sites is 1. The lowest BCUT2D eigenvalue weighted by atomic mass is 10.0. The highest BCUT2D eigenvalue weighted by atomic mass is 16.5. The highest BCUT2D eigenvalue weighted by molar-refractivity contribution is 6.05. The van der Waals surface area contributed by atoms with E-state index in [0.717, 1.165) is 41.0 Å². The molecule has 0 aliphatic heterocycles. The van der Waals surface area contributed by atoms with Crippen LogP contribution in [-0.4, -0.2) is 20.1 Å². The summed E-state index contributed by atoms with van der Waals surface area (Å²) in [4.78, 5) is 12.7. The van der Waals surface area contributed by atoms with Crippen LogP contribution in [0.1, 0.15) is 40.9 Å². The maximum absolute atomic E-state index is 12.7. The molecular formula is C20H25NO3. The Morgan fingerprint density at radius 2 is 1.67 bits per heavy atom. The van der Waals surface area contributed by atoms with Gasteiger partial charge in [0, 0.05) is 23.9 Å². The second kappa shape index (κ2) is 8.50. The van der Waals surface area contributed by atoms with Crippen molar-refractivity contribution in [3.63, 3.8) is 0 Å². The van der Waals surface area contributed by atoms with Gasteiger partial charge < -0.3 is 14.8 Å². The van der Waals surface area contributed by atoms with Crippen molar-refractivity contribution in [2.24, 2.45) is 0 Å². The number of aryl methyl sites for hydroxylation is 2. The zero-order valence-corrected chi connectivity index (χ0v) is 14.8. The Hall–Kier alpha value is -2.33. The predicted molar refractivity (Wildman–Crippen MR) is 96.9 cm³/mol. The number of rotatable bonds is 7. The topological polar surface area (TPSA) is 47.6 Å². The lowest BCUT2D eigenvalue weighted by Gasteiger charge is -2.15. The van der Waals surface area contributed by atoms with Crippen molar-refractivity contribution in [1.29, 1.82) is 0 Å². The summed E-state index contributed by atoms with van der Waals surface area (Å²) in [5.74, 6) is 0.599. The summed E-state index contributed by atoms with van der Waals surface area (Å²) in [6, 6.07) is 11.5. The zero-order chi connectivity index (χ0) is 17.5. The number of methoxy groups -OCH3 is 2. The SMILES string of the molecule is CCc1cccc(CC)c1NC(=O)c1ccc(OC)c(COC)c1. The van der Waals surface area contributed by atoms with Crippen LogP contribution in [0.3, 0.4) is 0 Å². The maximum atomic E-state index is 12.7. The lowest BCUT2D eigenvalue weighted by molar-refractivity contribution is 0.102. The normalized spacial score (nSPS) is 10.5. The van der Waals surface area contributed by atoms with Gasteiger partial charge >= 0.3 is 0 Å². The molecule has 2 rings (SSSR count). The Morgan fingerprint density at radius 3 is 2.21 bits per heavy atom. The minimum absolute atomic E-state index is 0.120. The molecule has 24 heavy (non-hydrogen) atoms. The van der Waals surface area contributed by atoms with E-state index in [2.05, 4.69) is 31.3 Å². The standard InChI is InChI=1S/C20H25NO3/c1-5-14-8-7-9-15(6-2)19(14)21-20(22)16-10-11-18(24-4)17(12-16)13-23-3/h7-12H,5-6,13H2,1-4H3,(H,21,22). The van der Waals surface area contributed by atoms with Crippen molar-refractivity contribution >= 4 is 11.6 Å². The van der Waals surface area contributed by atoms with Gasteiger partial charge in [0.2, 0.25) is 0 Å². The summed E-state index contributed by atoms with van der Waals surface area (Å²) in [6.07, 6.45) is 1.75. The number of ether oxygens (including phenoxy) is 2. The van der Waals surface area contributed by atoms with Crippen molar-refractivity contribution in [2.45, 2.75) is 33.3 Å². The lowest BCUT2D eigenvalue weighted by Crippen LogP contribution is -2.15. The van der Waals surface area contributed by atoms with Gasteiger partial charge in [-0.2, -0.15) is 0 Å². The summed E-state index contributed by atoms with van der Waals surface area (Å²) in [5, 5.41) is 3.08. The van der Waals surface area contributed by atoms with Crippen LogP contribution >= 0.6 is 0 Å². The van der Waals surface area contributed by atoms with E-state index in [4.69, 9.17) is 9.47 Å². The van der Waals surface area contributed by atoms with Crippen LogP contribution in [0.25, 0.3) is 0 Å². The molecule has 0 radical (unpaired) electrons. The number of benzene rings is 2. The molecule has 0 spiro atoms. The van der Waals surface area contributed by atoms with E-state index >= 15 is 0 Å². The van der Waals surface area contributed by atoms with Gasteiger partial charge in [-0.3, -0.25) is 4.79 Å². The highest BCUT2D eigenvalue weighted by Gasteiger charge is 2.14. The van der Waals surface area contributed by atoms with Crippen LogP contribution in [-0.2, 0) is 24.2 Å². The molecule has 128 valence electrons. The summed E-state index contributed by atoms with van der Waals surface area (Å²) in [7, 11) is 3.23. The van der Waals surface area contributed by atoms with Crippen molar-refractivity contribution in [2.75, 3.05) is 19.5 Å². The first-order chi connectivity index (χ1) is 11.6. The fourth-order valence-electron chi connectivity index (χ4n) is 2.78. The largest absolute Gasteiger partial charge is 0.496 e. The summed E-state index contributed by atoms with van der Waals surface area (Å²) >= 11 is 0.